The molecular formula is C15H19Cl2NO4. The first-order valence-electron chi connectivity index (χ1n) is 7.03. The zero-order valence-corrected chi connectivity index (χ0v) is 13.5. The van der Waals surface area contributed by atoms with Crippen molar-refractivity contribution in [2.24, 2.45) is 0 Å². The zero-order valence-electron chi connectivity index (χ0n) is 12.0. The minimum Gasteiger partial charge on any atom is -0.473 e. The van der Waals surface area contributed by atoms with Gasteiger partial charge >= 0.3 is 11.9 Å². The van der Waals surface area contributed by atoms with E-state index in [0.29, 0.717) is 11.1 Å². The van der Waals surface area contributed by atoms with Crippen LogP contribution in [0.3, 0.4) is 0 Å². The molecule has 0 heterocycles. The molecule has 1 aromatic rings. The van der Waals surface area contributed by atoms with Crippen LogP contribution in [-0.2, 0) is 16.1 Å². The van der Waals surface area contributed by atoms with Gasteiger partial charge in [0.2, 0.25) is 0 Å². The molecule has 3 N–H and O–H groups in total. The Morgan fingerprint density at radius 2 is 1.68 bits per heavy atom. The van der Waals surface area contributed by atoms with Gasteiger partial charge in [0.25, 0.3) is 0 Å². The van der Waals surface area contributed by atoms with E-state index >= 15 is 0 Å². The van der Waals surface area contributed by atoms with Gasteiger partial charge in [-0.3, -0.25) is 0 Å². The maximum Gasteiger partial charge on any atom is 0.414 e. The van der Waals surface area contributed by atoms with Crippen LogP contribution in [0.4, 0.5) is 0 Å². The fraction of sp³-hybridized carbons (Fsp3) is 0.467. The van der Waals surface area contributed by atoms with E-state index in [1.807, 2.05) is 12.1 Å². The van der Waals surface area contributed by atoms with E-state index in [1.165, 1.54) is 32.1 Å². The normalized spacial score (nSPS) is 14.8. The van der Waals surface area contributed by atoms with Crippen LogP contribution in [0, 0.1) is 0 Å². The van der Waals surface area contributed by atoms with Gasteiger partial charge in [-0.05, 0) is 30.5 Å². The van der Waals surface area contributed by atoms with Crippen LogP contribution in [0.1, 0.15) is 37.7 Å². The quantitative estimate of drug-likeness (QED) is 0.727. The lowest BCUT2D eigenvalue weighted by molar-refractivity contribution is -0.159. The number of halogens is 2. The van der Waals surface area contributed by atoms with Crippen molar-refractivity contribution < 1.29 is 19.8 Å². The maximum absolute atomic E-state index is 9.10. The van der Waals surface area contributed by atoms with Crippen LogP contribution in [0.2, 0.25) is 10.0 Å². The van der Waals surface area contributed by atoms with E-state index in [1.54, 1.807) is 6.07 Å². The van der Waals surface area contributed by atoms with Crippen molar-refractivity contribution in [3.8, 4) is 0 Å². The average Bonchev–Trinajstić information content (AvgIpc) is 2.48. The summed E-state index contributed by atoms with van der Waals surface area (Å²) in [6, 6.07) is 6.37. The molecule has 1 fully saturated rings. The molecule has 1 aromatic carbocycles. The summed E-state index contributed by atoms with van der Waals surface area (Å²) in [5.74, 6) is -3.65. The highest BCUT2D eigenvalue weighted by molar-refractivity contribution is 6.35. The van der Waals surface area contributed by atoms with Gasteiger partial charge in [-0.2, -0.15) is 0 Å². The van der Waals surface area contributed by atoms with Crippen molar-refractivity contribution in [3.05, 3.63) is 33.8 Å². The second-order valence-electron chi connectivity index (χ2n) is 5.06. The zero-order chi connectivity index (χ0) is 16.5. The fourth-order valence-electron chi connectivity index (χ4n) is 2.23. The van der Waals surface area contributed by atoms with E-state index < -0.39 is 11.9 Å². The average molecular weight is 348 g/mol. The van der Waals surface area contributed by atoms with E-state index in [4.69, 9.17) is 43.0 Å². The summed E-state index contributed by atoms with van der Waals surface area (Å²) in [5, 5.41) is 19.8. The molecule has 1 aliphatic rings. The number of carboxylic acid groups (broad SMARTS) is 2. The van der Waals surface area contributed by atoms with E-state index in [0.717, 1.165) is 17.1 Å². The SMILES string of the molecule is Clc1ccc(CNC2CCCCC2)c(Cl)c1.O=C(O)C(=O)O. The first-order valence-corrected chi connectivity index (χ1v) is 7.79. The van der Waals surface area contributed by atoms with Gasteiger partial charge in [0.05, 0.1) is 0 Å². The molecule has 0 saturated heterocycles. The van der Waals surface area contributed by atoms with Gasteiger partial charge in [-0.15, -0.1) is 0 Å². The van der Waals surface area contributed by atoms with Crippen molar-refractivity contribution in [2.75, 3.05) is 0 Å². The van der Waals surface area contributed by atoms with Gasteiger partial charge in [0, 0.05) is 22.6 Å². The van der Waals surface area contributed by atoms with Crippen LogP contribution in [-0.4, -0.2) is 28.2 Å². The number of hydrogen-bond donors (Lipinski definition) is 3. The Kier molecular flexibility index (Phi) is 8.24. The van der Waals surface area contributed by atoms with Crippen molar-refractivity contribution >= 4 is 35.1 Å². The molecule has 0 bridgehead atoms. The largest absolute Gasteiger partial charge is 0.473 e. The Bertz CT molecular complexity index is 504. The van der Waals surface area contributed by atoms with Crippen molar-refractivity contribution in [1.82, 2.24) is 5.32 Å². The molecule has 5 nitrogen and oxygen atoms in total. The third kappa shape index (κ3) is 7.11. The van der Waals surface area contributed by atoms with Crippen LogP contribution in [0.5, 0.6) is 0 Å². The predicted molar refractivity (Wildman–Crippen MR) is 85.4 cm³/mol. The molecule has 7 heteroatoms. The number of rotatable bonds is 3. The summed E-state index contributed by atoms with van der Waals surface area (Å²) in [7, 11) is 0. The van der Waals surface area contributed by atoms with E-state index in [-0.39, 0.29) is 0 Å². The molecule has 0 unspecified atom stereocenters. The smallest absolute Gasteiger partial charge is 0.414 e. The summed E-state index contributed by atoms with van der Waals surface area (Å²) in [4.78, 5) is 18.2. The fourth-order valence-corrected chi connectivity index (χ4v) is 2.70. The summed E-state index contributed by atoms with van der Waals surface area (Å²) in [5.41, 5.74) is 1.14. The Hall–Kier alpha value is -1.30. The third-order valence-corrected chi connectivity index (χ3v) is 3.97. The van der Waals surface area contributed by atoms with Gasteiger partial charge in [0.15, 0.2) is 0 Å². The van der Waals surface area contributed by atoms with Gasteiger partial charge in [0.1, 0.15) is 0 Å². The maximum atomic E-state index is 9.10. The summed E-state index contributed by atoms with van der Waals surface area (Å²) in [6.07, 6.45) is 6.69. The highest BCUT2D eigenvalue weighted by Crippen LogP contribution is 2.22. The minimum absolute atomic E-state index is 0.667. The summed E-state index contributed by atoms with van der Waals surface area (Å²) in [6.45, 7) is 0.848. The first kappa shape index (κ1) is 18.7. The summed E-state index contributed by atoms with van der Waals surface area (Å²) < 4.78 is 0. The minimum atomic E-state index is -1.82. The Balaban J connectivity index is 0.000000346. The van der Waals surface area contributed by atoms with Gasteiger partial charge in [-0.25, -0.2) is 9.59 Å². The van der Waals surface area contributed by atoms with Gasteiger partial charge in [-0.1, -0.05) is 48.5 Å². The summed E-state index contributed by atoms with van der Waals surface area (Å²) >= 11 is 12.0. The number of aliphatic carboxylic acids is 2. The Labute approximate surface area is 139 Å². The molecule has 0 aliphatic heterocycles. The number of hydrogen-bond acceptors (Lipinski definition) is 3. The molecule has 0 radical (unpaired) electrons. The lowest BCUT2D eigenvalue weighted by Gasteiger charge is -2.23. The number of nitrogens with one attached hydrogen (secondary N) is 1. The molecular weight excluding hydrogens is 329 g/mol. The van der Waals surface area contributed by atoms with Crippen molar-refractivity contribution in [1.29, 1.82) is 0 Å². The first-order chi connectivity index (χ1) is 10.4. The lowest BCUT2D eigenvalue weighted by atomic mass is 9.95. The Morgan fingerprint density at radius 3 is 2.18 bits per heavy atom. The standard InChI is InChI=1S/C13H17Cl2N.C2H2O4/c14-11-7-6-10(13(15)8-11)9-16-12-4-2-1-3-5-12;3-1(4)2(5)6/h6-8,12,16H,1-5,9H2;(H,3,4)(H,5,6). The highest BCUT2D eigenvalue weighted by atomic mass is 35.5. The van der Waals surface area contributed by atoms with Gasteiger partial charge < -0.3 is 15.5 Å². The topological polar surface area (TPSA) is 86.6 Å². The molecule has 0 spiro atoms. The molecule has 1 aliphatic carbocycles. The van der Waals surface area contributed by atoms with Crippen molar-refractivity contribution in [3.63, 3.8) is 0 Å². The van der Waals surface area contributed by atoms with Crippen LogP contribution < -0.4 is 5.32 Å². The highest BCUT2D eigenvalue weighted by Gasteiger charge is 2.12. The molecule has 2 rings (SSSR count). The number of carbonyl (C=O) groups is 2. The van der Waals surface area contributed by atoms with E-state index in [2.05, 4.69) is 5.32 Å². The second kappa shape index (κ2) is 9.66. The molecule has 0 atom stereocenters. The molecule has 22 heavy (non-hydrogen) atoms. The number of carboxylic acids is 2. The third-order valence-electron chi connectivity index (χ3n) is 3.38. The molecule has 0 amide bonds. The lowest BCUT2D eigenvalue weighted by Crippen LogP contribution is -2.30. The molecule has 122 valence electrons. The van der Waals surface area contributed by atoms with Crippen LogP contribution in [0.15, 0.2) is 18.2 Å². The Morgan fingerprint density at radius 1 is 1.09 bits per heavy atom. The molecule has 1 saturated carbocycles. The second-order valence-corrected chi connectivity index (χ2v) is 5.91. The van der Waals surface area contributed by atoms with E-state index in [9.17, 15) is 0 Å². The van der Waals surface area contributed by atoms with Crippen LogP contribution in [0.25, 0.3) is 0 Å². The van der Waals surface area contributed by atoms with Crippen molar-refractivity contribution in [2.45, 2.75) is 44.7 Å². The van der Waals surface area contributed by atoms with Crippen LogP contribution >= 0.6 is 23.2 Å². The molecule has 0 aromatic heterocycles. The monoisotopic (exact) mass is 347 g/mol. The predicted octanol–water partition coefficient (Wildman–Crippen LogP) is 3.57. The number of benzene rings is 1.